The van der Waals surface area contributed by atoms with Gasteiger partial charge in [-0.2, -0.15) is 0 Å². The van der Waals surface area contributed by atoms with Crippen molar-refractivity contribution < 1.29 is 20.5 Å². The van der Waals surface area contributed by atoms with E-state index in [1.165, 1.54) is 0 Å². The van der Waals surface area contributed by atoms with Gasteiger partial charge < -0.3 is 9.47 Å². The third-order valence-electron chi connectivity index (χ3n) is 3.63. The lowest BCUT2D eigenvalue weighted by Crippen LogP contribution is -2.56. The fourth-order valence-corrected chi connectivity index (χ4v) is 2.79. The summed E-state index contributed by atoms with van der Waals surface area (Å²) >= 11 is 3.44. The zero-order valence-corrected chi connectivity index (χ0v) is 14.9. The van der Waals surface area contributed by atoms with E-state index in [4.69, 9.17) is 20.2 Å². The quantitative estimate of drug-likeness (QED) is 0.649. The zero-order valence-electron chi connectivity index (χ0n) is 13.3. The van der Waals surface area contributed by atoms with E-state index < -0.39 is 23.3 Å². The van der Waals surface area contributed by atoms with Gasteiger partial charge >= 0.3 is 5.97 Å². The first kappa shape index (κ1) is 17.2. The first-order valence-corrected chi connectivity index (χ1v) is 8.01. The largest absolute Gasteiger partial charge is 0.486 e. The van der Waals surface area contributed by atoms with Gasteiger partial charge in [0, 0.05) is 5.90 Å². The van der Waals surface area contributed by atoms with Crippen LogP contribution in [0.1, 0.15) is 41.1 Å². The molecular formula is C16H24BrNO4. The maximum Gasteiger partial charge on any atom is 0.344 e. The molecule has 2 unspecified atom stereocenters. The molecule has 124 valence electrons. The Labute approximate surface area is 140 Å². The third-order valence-corrected chi connectivity index (χ3v) is 4.12. The SMILES string of the molecule is CC(C)(C)OC(=O)C(C)(ON)C1CCc2cc(Br)ccc2O1.[HH]. The van der Waals surface area contributed by atoms with E-state index in [-0.39, 0.29) is 1.43 Å². The van der Waals surface area contributed by atoms with E-state index in [0.717, 1.165) is 22.2 Å². The summed E-state index contributed by atoms with van der Waals surface area (Å²) in [4.78, 5) is 17.5. The Morgan fingerprint density at radius 3 is 2.68 bits per heavy atom. The monoisotopic (exact) mass is 373 g/mol. The predicted molar refractivity (Wildman–Crippen MR) is 88.5 cm³/mol. The highest BCUT2D eigenvalue weighted by atomic mass is 79.9. The molecule has 6 heteroatoms. The van der Waals surface area contributed by atoms with Crippen molar-refractivity contribution in [2.75, 3.05) is 0 Å². The highest BCUT2D eigenvalue weighted by Gasteiger charge is 2.48. The number of nitrogens with two attached hydrogens (primary N) is 1. The maximum absolute atomic E-state index is 12.5. The van der Waals surface area contributed by atoms with Crippen LogP contribution in [0.4, 0.5) is 0 Å². The second-order valence-corrected chi connectivity index (χ2v) is 7.54. The van der Waals surface area contributed by atoms with Crippen molar-refractivity contribution in [3.8, 4) is 5.75 Å². The van der Waals surface area contributed by atoms with E-state index in [1.54, 1.807) is 27.7 Å². The fraction of sp³-hybridized carbons (Fsp3) is 0.562. The van der Waals surface area contributed by atoms with Crippen LogP contribution < -0.4 is 10.6 Å². The molecule has 0 saturated heterocycles. The molecule has 0 aliphatic carbocycles. The summed E-state index contributed by atoms with van der Waals surface area (Å²) < 4.78 is 12.4. The summed E-state index contributed by atoms with van der Waals surface area (Å²) in [5, 5.41) is 0. The topological polar surface area (TPSA) is 70.8 Å². The lowest BCUT2D eigenvalue weighted by atomic mass is 9.90. The summed E-state index contributed by atoms with van der Waals surface area (Å²) in [6, 6.07) is 5.78. The molecule has 1 heterocycles. The van der Waals surface area contributed by atoms with Crippen LogP contribution in [0.2, 0.25) is 0 Å². The first-order chi connectivity index (χ1) is 10.2. The highest BCUT2D eigenvalue weighted by Crippen LogP contribution is 2.35. The number of fused-ring (bicyclic) bond motifs is 1. The predicted octanol–water partition coefficient (Wildman–Crippen LogP) is 3.38. The van der Waals surface area contributed by atoms with Gasteiger partial charge in [0.05, 0.1) is 0 Å². The van der Waals surface area contributed by atoms with Crippen LogP contribution in [-0.2, 0) is 20.8 Å². The summed E-state index contributed by atoms with van der Waals surface area (Å²) in [5.41, 5.74) is -0.874. The Kier molecular flexibility index (Phi) is 4.84. The van der Waals surface area contributed by atoms with Crippen molar-refractivity contribution in [3.05, 3.63) is 28.2 Å². The van der Waals surface area contributed by atoms with Gasteiger partial charge in [0.2, 0.25) is 5.60 Å². The summed E-state index contributed by atoms with van der Waals surface area (Å²) in [7, 11) is 0. The van der Waals surface area contributed by atoms with Crippen LogP contribution in [0.3, 0.4) is 0 Å². The normalized spacial score (nSPS) is 20.5. The number of carbonyl (C=O) groups excluding carboxylic acids is 1. The minimum atomic E-state index is -1.35. The molecule has 2 rings (SSSR count). The average molecular weight is 374 g/mol. The number of ether oxygens (including phenoxy) is 2. The summed E-state index contributed by atoms with van der Waals surface area (Å²) in [5.74, 6) is 5.64. The van der Waals surface area contributed by atoms with Crippen LogP contribution in [0.15, 0.2) is 22.7 Å². The molecule has 1 aliphatic rings. The molecule has 22 heavy (non-hydrogen) atoms. The van der Waals surface area contributed by atoms with Gasteiger partial charge in [0.1, 0.15) is 17.5 Å². The Hall–Kier alpha value is -1.11. The number of halogens is 1. The van der Waals surface area contributed by atoms with Gasteiger partial charge in [-0.05, 0) is 64.3 Å². The number of aryl methyl sites for hydroxylation is 1. The van der Waals surface area contributed by atoms with Crippen molar-refractivity contribution in [2.24, 2.45) is 5.90 Å². The number of esters is 1. The van der Waals surface area contributed by atoms with E-state index in [1.807, 2.05) is 18.2 Å². The van der Waals surface area contributed by atoms with Gasteiger partial charge in [0.25, 0.3) is 0 Å². The lowest BCUT2D eigenvalue weighted by molar-refractivity contribution is -0.196. The van der Waals surface area contributed by atoms with Crippen molar-refractivity contribution in [3.63, 3.8) is 0 Å². The zero-order chi connectivity index (χ0) is 16.5. The summed E-state index contributed by atoms with van der Waals surface area (Å²) in [6.07, 6.45) is 0.901. The van der Waals surface area contributed by atoms with Crippen molar-refractivity contribution in [1.82, 2.24) is 0 Å². The van der Waals surface area contributed by atoms with Crippen LogP contribution in [0, 0.1) is 0 Å². The molecule has 0 aromatic heterocycles. The number of benzene rings is 1. The van der Waals surface area contributed by atoms with Gasteiger partial charge in [-0.1, -0.05) is 15.9 Å². The van der Waals surface area contributed by atoms with Gasteiger partial charge in [-0.25, -0.2) is 10.7 Å². The minimum Gasteiger partial charge on any atom is -0.486 e. The highest BCUT2D eigenvalue weighted by molar-refractivity contribution is 9.10. The second-order valence-electron chi connectivity index (χ2n) is 6.62. The lowest BCUT2D eigenvalue weighted by Gasteiger charge is -2.38. The second kappa shape index (κ2) is 6.18. The van der Waals surface area contributed by atoms with Gasteiger partial charge in [-0.15, -0.1) is 0 Å². The standard InChI is InChI=1S/C16H22BrNO4.H2/c1-15(2,3)21-14(19)16(4,22-18)13-8-5-10-9-11(17)6-7-12(10)20-13;/h6-7,9,13H,5,8,18H2,1-4H3;1H. The van der Waals surface area contributed by atoms with Gasteiger partial charge in [-0.3, -0.25) is 4.84 Å². The van der Waals surface area contributed by atoms with Crippen LogP contribution >= 0.6 is 15.9 Å². The molecule has 0 amide bonds. The Bertz CT molecular complexity index is 576. The molecular weight excluding hydrogens is 350 g/mol. The van der Waals surface area contributed by atoms with Crippen LogP contribution in [-0.4, -0.2) is 23.3 Å². The number of hydrogen-bond acceptors (Lipinski definition) is 5. The van der Waals surface area contributed by atoms with E-state index in [2.05, 4.69) is 15.9 Å². The van der Waals surface area contributed by atoms with Crippen molar-refractivity contribution >= 4 is 21.9 Å². The molecule has 1 aromatic carbocycles. The molecule has 2 atom stereocenters. The molecule has 5 nitrogen and oxygen atoms in total. The van der Waals surface area contributed by atoms with E-state index in [0.29, 0.717) is 6.42 Å². The molecule has 0 bridgehead atoms. The maximum atomic E-state index is 12.5. The molecule has 2 N–H and O–H groups in total. The average Bonchev–Trinajstić information content (AvgIpc) is 2.43. The summed E-state index contributed by atoms with van der Waals surface area (Å²) in [6.45, 7) is 7.01. The number of rotatable bonds is 3. The molecule has 1 aromatic rings. The molecule has 0 radical (unpaired) electrons. The Morgan fingerprint density at radius 2 is 2.09 bits per heavy atom. The molecule has 0 fully saturated rings. The fourth-order valence-electron chi connectivity index (χ4n) is 2.38. The number of carbonyl (C=O) groups is 1. The first-order valence-electron chi connectivity index (χ1n) is 7.22. The van der Waals surface area contributed by atoms with Gasteiger partial charge in [0.15, 0.2) is 0 Å². The van der Waals surface area contributed by atoms with E-state index in [9.17, 15) is 4.79 Å². The van der Waals surface area contributed by atoms with Crippen molar-refractivity contribution in [1.29, 1.82) is 0 Å². The van der Waals surface area contributed by atoms with E-state index >= 15 is 0 Å². The molecule has 1 aliphatic heterocycles. The van der Waals surface area contributed by atoms with Crippen LogP contribution in [0.25, 0.3) is 0 Å². The molecule has 0 saturated carbocycles. The van der Waals surface area contributed by atoms with Crippen LogP contribution in [0.5, 0.6) is 5.75 Å². The smallest absolute Gasteiger partial charge is 0.344 e. The Balaban J connectivity index is 0.00000264. The van der Waals surface area contributed by atoms with Crippen molar-refractivity contribution in [2.45, 2.75) is 57.8 Å². The Morgan fingerprint density at radius 1 is 1.41 bits per heavy atom. The third kappa shape index (κ3) is 3.62. The minimum absolute atomic E-state index is 0. The number of hydrogen-bond donors (Lipinski definition) is 1. The molecule has 0 spiro atoms.